The van der Waals surface area contributed by atoms with Gasteiger partial charge in [-0.2, -0.15) is 0 Å². The second-order valence-corrected chi connectivity index (χ2v) is 4.32. The van der Waals surface area contributed by atoms with Gasteiger partial charge >= 0.3 is 0 Å². The van der Waals surface area contributed by atoms with Crippen LogP contribution in [0.25, 0.3) is 0 Å². The third kappa shape index (κ3) is 5.09. The molecule has 0 aliphatic rings. The molecule has 2 unspecified atom stereocenters. The van der Waals surface area contributed by atoms with Gasteiger partial charge in [-0.1, -0.05) is 6.92 Å². The van der Waals surface area contributed by atoms with Crippen molar-refractivity contribution in [3.05, 3.63) is 24.3 Å². The molecule has 1 rings (SSSR count). The van der Waals surface area contributed by atoms with Crippen LogP contribution in [0.1, 0.15) is 27.2 Å². The predicted molar refractivity (Wildman–Crippen MR) is 70.8 cm³/mol. The first-order chi connectivity index (χ1) is 8.15. The molecule has 0 bridgehead atoms. The quantitative estimate of drug-likeness (QED) is 0.791. The van der Waals surface area contributed by atoms with Gasteiger partial charge in [-0.15, -0.1) is 0 Å². The number of rotatable bonds is 7. The zero-order valence-electron chi connectivity index (χ0n) is 11.2. The summed E-state index contributed by atoms with van der Waals surface area (Å²) in [6.45, 7) is 7.29. The molecule has 3 heteroatoms. The molecule has 0 heterocycles. The fourth-order valence-corrected chi connectivity index (χ4v) is 1.44. The number of hydrogen-bond acceptors (Lipinski definition) is 3. The van der Waals surface area contributed by atoms with Crippen molar-refractivity contribution >= 4 is 0 Å². The second kappa shape index (κ2) is 7.17. The Bertz CT molecular complexity index is 311. The summed E-state index contributed by atoms with van der Waals surface area (Å²) in [5, 5.41) is 3.43. The minimum Gasteiger partial charge on any atom is -0.497 e. The number of methoxy groups -OCH3 is 1. The SMILES string of the molecule is CCC(C)NCC(C)Oc1ccc(OC)cc1. The zero-order valence-corrected chi connectivity index (χ0v) is 11.2. The van der Waals surface area contributed by atoms with Crippen LogP contribution in [0.5, 0.6) is 11.5 Å². The van der Waals surface area contributed by atoms with Gasteiger partial charge in [0, 0.05) is 12.6 Å². The highest BCUT2D eigenvalue weighted by Crippen LogP contribution is 2.17. The minimum absolute atomic E-state index is 0.164. The fraction of sp³-hybridized carbons (Fsp3) is 0.571. The molecule has 0 aliphatic carbocycles. The van der Waals surface area contributed by atoms with Gasteiger partial charge in [0.15, 0.2) is 0 Å². The normalized spacial score (nSPS) is 14.1. The summed E-state index contributed by atoms with van der Waals surface area (Å²) in [5.41, 5.74) is 0. The van der Waals surface area contributed by atoms with Gasteiger partial charge in [-0.05, 0) is 44.5 Å². The van der Waals surface area contributed by atoms with Crippen LogP contribution in [0, 0.1) is 0 Å². The van der Waals surface area contributed by atoms with E-state index in [9.17, 15) is 0 Å². The lowest BCUT2D eigenvalue weighted by molar-refractivity contribution is 0.212. The molecule has 2 atom stereocenters. The molecule has 0 saturated heterocycles. The van der Waals surface area contributed by atoms with E-state index in [1.165, 1.54) is 0 Å². The Hall–Kier alpha value is -1.22. The van der Waals surface area contributed by atoms with E-state index in [1.54, 1.807) is 7.11 Å². The number of hydrogen-bond donors (Lipinski definition) is 1. The molecule has 0 aliphatic heterocycles. The van der Waals surface area contributed by atoms with E-state index >= 15 is 0 Å². The Morgan fingerprint density at radius 1 is 1.12 bits per heavy atom. The predicted octanol–water partition coefficient (Wildman–Crippen LogP) is 2.85. The van der Waals surface area contributed by atoms with Crippen LogP contribution in [-0.4, -0.2) is 25.8 Å². The minimum atomic E-state index is 0.164. The second-order valence-electron chi connectivity index (χ2n) is 4.32. The molecule has 0 fully saturated rings. The first kappa shape index (κ1) is 13.8. The fourth-order valence-electron chi connectivity index (χ4n) is 1.44. The summed E-state index contributed by atoms with van der Waals surface area (Å²) >= 11 is 0. The highest BCUT2D eigenvalue weighted by molar-refractivity contribution is 5.31. The van der Waals surface area contributed by atoms with Gasteiger partial charge in [0.25, 0.3) is 0 Å². The average Bonchev–Trinajstić information content (AvgIpc) is 2.36. The molecule has 17 heavy (non-hydrogen) atoms. The van der Waals surface area contributed by atoms with Crippen molar-refractivity contribution in [3.63, 3.8) is 0 Å². The van der Waals surface area contributed by atoms with Gasteiger partial charge in [-0.3, -0.25) is 0 Å². The van der Waals surface area contributed by atoms with Crippen molar-refractivity contribution in [2.75, 3.05) is 13.7 Å². The standard InChI is InChI=1S/C14H23NO2/c1-5-11(2)15-10-12(3)17-14-8-6-13(16-4)7-9-14/h6-9,11-12,15H,5,10H2,1-4H3. The topological polar surface area (TPSA) is 30.5 Å². The van der Waals surface area contributed by atoms with Crippen LogP contribution in [-0.2, 0) is 0 Å². The molecule has 0 aromatic heterocycles. The number of nitrogens with one attached hydrogen (secondary N) is 1. The summed E-state index contributed by atoms with van der Waals surface area (Å²) in [5.74, 6) is 1.73. The van der Waals surface area contributed by atoms with Crippen molar-refractivity contribution in [2.45, 2.75) is 39.3 Å². The van der Waals surface area contributed by atoms with Crippen molar-refractivity contribution in [1.29, 1.82) is 0 Å². The summed E-state index contributed by atoms with van der Waals surface area (Å²) in [4.78, 5) is 0. The van der Waals surface area contributed by atoms with Crippen LogP contribution in [0.15, 0.2) is 24.3 Å². The largest absolute Gasteiger partial charge is 0.497 e. The third-order valence-electron chi connectivity index (χ3n) is 2.76. The van der Waals surface area contributed by atoms with Gasteiger partial charge < -0.3 is 14.8 Å². The summed E-state index contributed by atoms with van der Waals surface area (Å²) in [7, 11) is 1.66. The van der Waals surface area contributed by atoms with E-state index in [1.807, 2.05) is 24.3 Å². The molecular weight excluding hydrogens is 214 g/mol. The van der Waals surface area contributed by atoms with Crippen molar-refractivity contribution in [1.82, 2.24) is 5.32 Å². The summed E-state index contributed by atoms with van der Waals surface area (Å²) < 4.78 is 10.9. The van der Waals surface area contributed by atoms with Crippen LogP contribution >= 0.6 is 0 Å². The molecule has 3 nitrogen and oxygen atoms in total. The Morgan fingerprint density at radius 2 is 1.71 bits per heavy atom. The molecule has 1 N–H and O–H groups in total. The Labute approximate surface area is 104 Å². The lowest BCUT2D eigenvalue weighted by atomic mass is 10.2. The van der Waals surface area contributed by atoms with Crippen LogP contribution in [0.2, 0.25) is 0 Å². The lowest BCUT2D eigenvalue weighted by Gasteiger charge is -2.18. The van der Waals surface area contributed by atoms with Gasteiger partial charge in [0.2, 0.25) is 0 Å². The van der Waals surface area contributed by atoms with Crippen LogP contribution in [0.3, 0.4) is 0 Å². The third-order valence-corrected chi connectivity index (χ3v) is 2.76. The highest BCUT2D eigenvalue weighted by atomic mass is 16.5. The Kier molecular flexibility index (Phi) is 5.84. The molecule has 0 spiro atoms. The van der Waals surface area contributed by atoms with Crippen LogP contribution < -0.4 is 14.8 Å². The van der Waals surface area contributed by atoms with E-state index in [2.05, 4.69) is 26.1 Å². The lowest BCUT2D eigenvalue weighted by Crippen LogP contribution is -2.34. The Balaban J connectivity index is 2.36. The molecule has 0 amide bonds. The smallest absolute Gasteiger partial charge is 0.120 e. The molecular formula is C14H23NO2. The zero-order chi connectivity index (χ0) is 12.7. The van der Waals surface area contributed by atoms with Crippen molar-refractivity contribution < 1.29 is 9.47 Å². The molecule has 0 saturated carbocycles. The average molecular weight is 237 g/mol. The molecule has 96 valence electrons. The van der Waals surface area contributed by atoms with Crippen LogP contribution in [0.4, 0.5) is 0 Å². The monoisotopic (exact) mass is 237 g/mol. The molecule has 0 radical (unpaired) electrons. The first-order valence-corrected chi connectivity index (χ1v) is 6.19. The van der Waals surface area contributed by atoms with Crippen molar-refractivity contribution in [3.8, 4) is 11.5 Å². The number of ether oxygens (including phenoxy) is 2. The highest BCUT2D eigenvalue weighted by Gasteiger charge is 2.05. The summed E-state index contributed by atoms with van der Waals surface area (Å²) in [6.07, 6.45) is 1.30. The maximum atomic E-state index is 5.79. The van der Waals surface area contributed by atoms with E-state index in [4.69, 9.17) is 9.47 Å². The van der Waals surface area contributed by atoms with E-state index in [0.717, 1.165) is 24.5 Å². The van der Waals surface area contributed by atoms with Gasteiger partial charge in [0.1, 0.15) is 17.6 Å². The van der Waals surface area contributed by atoms with E-state index in [0.29, 0.717) is 6.04 Å². The number of benzene rings is 1. The Morgan fingerprint density at radius 3 is 2.24 bits per heavy atom. The van der Waals surface area contributed by atoms with Crippen molar-refractivity contribution in [2.24, 2.45) is 0 Å². The molecule has 1 aromatic carbocycles. The first-order valence-electron chi connectivity index (χ1n) is 6.19. The van der Waals surface area contributed by atoms with Gasteiger partial charge in [0.05, 0.1) is 7.11 Å². The van der Waals surface area contributed by atoms with E-state index in [-0.39, 0.29) is 6.10 Å². The van der Waals surface area contributed by atoms with Gasteiger partial charge in [-0.25, -0.2) is 0 Å². The maximum Gasteiger partial charge on any atom is 0.120 e. The van der Waals surface area contributed by atoms with E-state index < -0.39 is 0 Å². The molecule has 1 aromatic rings. The summed E-state index contributed by atoms with van der Waals surface area (Å²) in [6, 6.07) is 8.21. The maximum absolute atomic E-state index is 5.79.